The van der Waals surface area contributed by atoms with E-state index >= 15 is 0 Å². The van der Waals surface area contributed by atoms with Crippen molar-refractivity contribution in [2.45, 2.75) is 39.5 Å². The van der Waals surface area contributed by atoms with Crippen LogP contribution in [0.15, 0.2) is 36.9 Å². The predicted molar refractivity (Wildman–Crippen MR) is 107 cm³/mol. The number of anilines is 1. The molecule has 1 rings (SSSR count). The third-order valence-corrected chi connectivity index (χ3v) is 3.98. The number of methoxy groups -OCH3 is 1. The van der Waals surface area contributed by atoms with Crippen LogP contribution in [0, 0.1) is 5.92 Å². The van der Waals surface area contributed by atoms with E-state index in [1.165, 1.54) is 20.0 Å². The first-order valence-corrected chi connectivity index (χ1v) is 9.04. The average molecular weight is 363 g/mol. The number of hydrogen-bond donors (Lipinski definition) is 0. The maximum absolute atomic E-state index is 12.0. The van der Waals surface area contributed by atoms with Gasteiger partial charge < -0.3 is 14.4 Å². The van der Waals surface area contributed by atoms with Gasteiger partial charge in [-0.1, -0.05) is 39.7 Å². The molecule has 146 valence electrons. The van der Waals surface area contributed by atoms with Crippen molar-refractivity contribution in [3.8, 4) is 0 Å². The molecule has 0 saturated heterocycles. The molecule has 1 aromatic carbocycles. The van der Waals surface area contributed by atoms with Crippen LogP contribution in [0.4, 0.5) is 5.69 Å². The second-order valence-corrected chi connectivity index (χ2v) is 6.18. The largest absolute Gasteiger partial charge is 0.466 e. The van der Waals surface area contributed by atoms with Gasteiger partial charge in [0.2, 0.25) is 0 Å². The first-order valence-electron chi connectivity index (χ1n) is 9.04. The molecule has 0 spiro atoms. The number of carbonyl (C=O) groups excluding carboxylic acids is 2. The molecule has 0 fully saturated rings. The Morgan fingerprint density at radius 3 is 2.19 bits per heavy atom. The number of carbonyl (C=O) groups is 2. The summed E-state index contributed by atoms with van der Waals surface area (Å²) in [6.07, 6.45) is 5.71. The van der Waals surface area contributed by atoms with Crippen molar-refractivity contribution in [2.75, 3.05) is 32.7 Å². The maximum atomic E-state index is 12.0. The molecule has 0 heterocycles. The number of hydrogen-bond acceptors (Lipinski definition) is 5. The van der Waals surface area contributed by atoms with Gasteiger partial charge in [-0.05, 0) is 36.6 Å². The van der Waals surface area contributed by atoms with Crippen molar-refractivity contribution in [1.82, 2.24) is 0 Å². The maximum Gasteiger partial charge on any atom is 0.338 e. The standard InChI is InChI=1S/C17H27NO2.C4H6O2/c1-5-7-8-14(6-2)13-20-17(19)15-9-11-16(12-10-15)18(3)4;1-3-4(5)6-2/h9-12,14H,5-8,13H2,1-4H3;3H,1H2,2H3. The number of unbranched alkanes of at least 4 members (excludes halogenated alkanes) is 1. The SMILES string of the molecule is C=CC(=O)OC.CCCCC(CC)COC(=O)c1ccc(N(C)C)cc1. The Morgan fingerprint density at radius 2 is 1.81 bits per heavy atom. The summed E-state index contributed by atoms with van der Waals surface area (Å²) < 4.78 is 9.57. The summed E-state index contributed by atoms with van der Waals surface area (Å²) in [7, 11) is 5.27. The Labute approximate surface area is 158 Å². The molecule has 0 radical (unpaired) electrons. The molecular formula is C21H33NO4. The molecule has 0 N–H and O–H groups in total. The highest BCUT2D eigenvalue weighted by molar-refractivity contribution is 5.89. The van der Waals surface area contributed by atoms with E-state index in [9.17, 15) is 9.59 Å². The van der Waals surface area contributed by atoms with Crippen molar-refractivity contribution in [3.63, 3.8) is 0 Å². The minimum Gasteiger partial charge on any atom is -0.466 e. The van der Waals surface area contributed by atoms with Crippen LogP contribution in [0.25, 0.3) is 0 Å². The van der Waals surface area contributed by atoms with Gasteiger partial charge in [0.15, 0.2) is 0 Å². The first kappa shape index (κ1) is 23.7. The lowest BCUT2D eigenvalue weighted by Gasteiger charge is -2.15. The molecule has 0 bridgehead atoms. The topological polar surface area (TPSA) is 55.8 Å². The van der Waals surface area contributed by atoms with Crippen LogP contribution in [0.2, 0.25) is 0 Å². The Kier molecular flexibility index (Phi) is 12.7. The van der Waals surface area contributed by atoms with E-state index in [1.54, 1.807) is 0 Å². The van der Waals surface area contributed by atoms with E-state index in [-0.39, 0.29) is 5.97 Å². The summed E-state index contributed by atoms with van der Waals surface area (Å²) in [5.74, 6) is -0.125. The van der Waals surface area contributed by atoms with Crippen LogP contribution in [0.5, 0.6) is 0 Å². The lowest BCUT2D eigenvalue weighted by molar-refractivity contribution is -0.134. The second-order valence-electron chi connectivity index (χ2n) is 6.18. The highest BCUT2D eigenvalue weighted by Gasteiger charge is 2.12. The van der Waals surface area contributed by atoms with Crippen LogP contribution in [-0.4, -0.2) is 39.8 Å². The fourth-order valence-corrected chi connectivity index (χ4v) is 2.15. The van der Waals surface area contributed by atoms with Crippen molar-refractivity contribution >= 4 is 17.6 Å². The third kappa shape index (κ3) is 9.87. The van der Waals surface area contributed by atoms with Crippen LogP contribution in [0.1, 0.15) is 49.9 Å². The molecule has 5 nitrogen and oxygen atoms in total. The molecule has 0 saturated carbocycles. The van der Waals surface area contributed by atoms with E-state index in [2.05, 4.69) is 25.2 Å². The summed E-state index contributed by atoms with van der Waals surface area (Å²) in [6, 6.07) is 7.52. The summed E-state index contributed by atoms with van der Waals surface area (Å²) in [4.78, 5) is 23.8. The van der Waals surface area contributed by atoms with Crippen LogP contribution in [-0.2, 0) is 14.3 Å². The number of nitrogens with zero attached hydrogens (tertiary/aromatic N) is 1. The molecule has 0 aromatic heterocycles. The van der Waals surface area contributed by atoms with Crippen molar-refractivity contribution in [1.29, 1.82) is 0 Å². The average Bonchev–Trinajstić information content (AvgIpc) is 2.67. The van der Waals surface area contributed by atoms with Gasteiger partial charge in [0.1, 0.15) is 0 Å². The zero-order valence-corrected chi connectivity index (χ0v) is 16.8. The first-order chi connectivity index (χ1) is 12.4. The van der Waals surface area contributed by atoms with Gasteiger partial charge >= 0.3 is 11.9 Å². The van der Waals surface area contributed by atoms with E-state index in [4.69, 9.17) is 4.74 Å². The lowest BCUT2D eigenvalue weighted by atomic mass is 10.0. The molecule has 0 aliphatic rings. The van der Waals surface area contributed by atoms with Gasteiger partial charge in [-0.15, -0.1) is 0 Å². The van der Waals surface area contributed by atoms with E-state index in [0.717, 1.165) is 24.6 Å². The Morgan fingerprint density at radius 1 is 1.19 bits per heavy atom. The molecule has 1 unspecified atom stereocenters. The molecule has 0 aliphatic carbocycles. The molecule has 0 amide bonds. The summed E-state index contributed by atoms with van der Waals surface area (Å²) >= 11 is 0. The molecule has 1 atom stereocenters. The van der Waals surface area contributed by atoms with Crippen molar-refractivity contribution < 1.29 is 19.1 Å². The Hall–Kier alpha value is -2.30. The zero-order chi connectivity index (χ0) is 19.9. The quantitative estimate of drug-likeness (QED) is 0.478. The second kappa shape index (κ2) is 13.9. The van der Waals surface area contributed by atoms with E-state index < -0.39 is 5.97 Å². The number of benzene rings is 1. The minimum absolute atomic E-state index is 0.217. The highest BCUT2D eigenvalue weighted by atomic mass is 16.5. The Balaban J connectivity index is 0.000000896. The van der Waals surface area contributed by atoms with Gasteiger partial charge in [0, 0.05) is 25.9 Å². The predicted octanol–water partition coefficient (Wildman–Crippen LogP) is 4.47. The van der Waals surface area contributed by atoms with Crippen molar-refractivity contribution in [2.24, 2.45) is 5.92 Å². The summed E-state index contributed by atoms with van der Waals surface area (Å²) in [6.45, 7) is 8.03. The number of ether oxygens (including phenoxy) is 2. The molecule has 1 aromatic rings. The summed E-state index contributed by atoms with van der Waals surface area (Å²) in [5.41, 5.74) is 1.71. The molecular weight excluding hydrogens is 330 g/mol. The fourth-order valence-electron chi connectivity index (χ4n) is 2.15. The minimum atomic E-state index is -0.394. The van der Waals surface area contributed by atoms with Gasteiger partial charge in [0.05, 0.1) is 19.3 Å². The van der Waals surface area contributed by atoms with Gasteiger partial charge in [-0.3, -0.25) is 0 Å². The number of esters is 2. The van der Waals surface area contributed by atoms with Gasteiger partial charge in [-0.25, -0.2) is 9.59 Å². The van der Waals surface area contributed by atoms with Crippen LogP contribution in [0.3, 0.4) is 0 Å². The Bertz CT molecular complexity index is 537. The zero-order valence-electron chi connectivity index (χ0n) is 16.8. The molecule has 26 heavy (non-hydrogen) atoms. The van der Waals surface area contributed by atoms with E-state index in [0.29, 0.717) is 18.1 Å². The van der Waals surface area contributed by atoms with Gasteiger partial charge in [-0.2, -0.15) is 0 Å². The van der Waals surface area contributed by atoms with E-state index in [1.807, 2.05) is 43.3 Å². The fraction of sp³-hybridized carbons (Fsp3) is 0.524. The van der Waals surface area contributed by atoms with Crippen LogP contribution >= 0.6 is 0 Å². The normalized spacial score (nSPS) is 10.8. The smallest absolute Gasteiger partial charge is 0.338 e. The lowest BCUT2D eigenvalue weighted by Crippen LogP contribution is -2.14. The third-order valence-electron chi connectivity index (χ3n) is 3.98. The monoisotopic (exact) mass is 363 g/mol. The van der Waals surface area contributed by atoms with Crippen LogP contribution < -0.4 is 4.90 Å². The molecule has 0 aliphatic heterocycles. The number of rotatable bonds is 9. The summed E-state index contributed by atoms with van der Waals surface area (Å²) in [5, 5.41) is 0. The molecule has 5 heteroatoms. The van der Waals surface area contributed by atoms with Gasteiger partial charge in [0.25, 0.3) is 0 Å². The van der Waals surface area contributed by atoms with Crippen molar-refractivity contribution in [3.05, 3.63) is 42.5 Å². The highest BCUT2D eigenvalue weighted by Crippen LogP contribution is 2.16.